The normalized spacial score (nSPS) is 29.3. The van der Waals surface area contributed by atoms with Gasteiger partial charge in [0.1, 0.15) is 5.82 Å². The fourth-order valence-corrected chi connectivity index (χ4v) is 3.34. The van der Waals surface area contributed by atoms with Gasteiger partial charge in [0.2, 0.25) is 0 Å². The lowest BCUT2D eigenvalue weighted by Gasteiger charge is -2.42. The van der Waals surface area contributed by atoms with Crippen LogP contribution in [0.2, 0.25) is 0 Å². The molecule has 0 aliphatic heterocycles. The average Bonchev–Trinajstić information content (AvgIpc) is 2.29. The molecule has 1 aromatic rings. The third-order valence-electron chi connectivity index (χ3n) is 4.30. The molecular weight excluding hydrogens is 213 g/mol. The van der Waals surface area contributed by atoms with Gasteiger partial charge in [-0.3, -0.25) is 0 Å². The van der Waals surface area contributed by atoms with Gasteiger partial charge in [0.15, 0.2) is 0 Å². The summed E-state index contributed by atoms with van der Waals surface area (Å²) in [4.78, 5) is 0. The summed E-state index contributed by atoms with van der Waals surface area (Å²) >= 11 is 0. The molecule has 0 bridgehead atoms. The van der Waals surface area contributed by atoms with Crippen LogP contribution in [0.3, 0.4) is 0 Å². The maximum absolute atomic E-state index is 13.2. The summed E-state index contributed by atoms with van der Waals surface area (Å²) in [5, 5.41) is 0. The van der Waals surface area contributed by atoms with Gasteiger partial charge in [-0.05, 0) is 48.9 Å². The van der Waals surface area contributed by atoms with Crippen LogP contribution in [0.4, 0.5) is 4.39 Å². The minimum atomic E-state index is -0.245. The lowest BCUT2D eigenvalue weighted by molar-refractivity contribution is 0.183. The maximum atomic E-state index is 13.2. The van der Waals surface area contributed by atoms with Crippen molar-refractivity contribution in [2.75, 3.05) is 0 Å². The summed E-state index contributed by atoms with van der Waals surface area (Å²) in [6.45, 7) is 4.17. The smallest absolute Gasteiger partial charge is 0.123 e. The second kappa shape index (κ2) is 4.77. The van der Waals surface area contributed by atoms with Crippen LogP contribution in [0.5, 0.6) is 0 Å². The molecule has 1 nitrogen and oxygen atoms in total. The van der Waals surface area contributed by atoms with Gasteiger partial charge in [-0.2, -0.15) is 0 Å². The Balaban J connectivity index is 2.41. The van der Waals surface area contributed by atoms with Crippen molar-refractivity contribution in [2.45, 2.75) is 51.5 Å². The molecule has 1 aliphatic carbocycles. The zero-order valence-corrected chi connectivity index (χ0v) is 10.8. The first-order valence-electron chi connectivity index (χ1n) is 6.63. The van der Waals surface area contributed by atoms with Crippen LogP contribution in [-0.2, 0) is 5.54 Å². The SMILES string of the molecule is CCC1CCCCC1(N)c1ccc(F)cc1C. The number of nitrogens with two attached hydrogens (primary N) is 1. The number of benzene rings is 1. The Morgan fingerprint density at radius 2 is 2.18 bits per heavy atom. The molecule has 0 heterocycles. The minimum absolute atomic E-state index is 0.168. The molecule has 2 unspecified atom stereocenters. The van der Waals surface area contributed by atoms with E-state index >= 15 is 0 Å². The van der Waals surface area contributed by atoms with Gasteiger partial charge in [-0.1, -0.05) is 32.3 Å². The van der Waals surface area contributed by atoms with E-state index in [0.29, 0.717) is 5.92 Å². The standard InChI is InChI=1S/C15H22FN/c1-3-12-6-4-5-9-15(12,17)14-8-7-13(16)10-11(14)2/h7-8,10,12H,3-6,9,17H2,1-2H3. The number of halogens is 1. The highest BCUT2D eigenvalue weighted by molar-refractivity contribution is 5.34. The van der Waals surface area contributed by atoms with Gasteiger partial charge < -0.3 is 5.73 Å². The summed E-state index contributed by atoms with van der Waals surface area (Å²) in [5.41, 5.74) is 8.56. The van der Waals surface area contributed by atoms with E-state index in [1.165, 1.54) is 25.3 Å². The van der Waals surface area contributed by atoms with Crippen LogP contribution >= 0.6 is 0 Å². The van der Waals surface area contributed by atoms with Crippen LogP contribution in [-0.4, -0.2) is 0 Å². The summed E-state index contributed by atoms with van der Waals surface area (Å²) in [7, 11) is 0. The highest BCUT2D eigenvalue weighted by Gasteiger charge is 2.38. The van der Waals surface area contributed by atoms with Crippen molar-refractivity contribution in [3.63, 3.8) is 0 Å². The van der Waals surface area contributed by atoms with Crippen LogP contribution in [0.1, 0.15) is 50.2 Å². The number of aryl methyl sites for hydroxylation is 1. The van der Waals surface area contributed by atoms with Crippen LogP contribution in [0.25, 0.3) is 0 Å². The fraction of sp³-hybridized carbons (Fsp3) is 0.600. The minimum Gasteiger partial charge on any atom is -0.321 e. The van der Waals surface area contributed by atoms with Crippen molar-refractivity contribution in [2.24, 2.45) is 11.7 Å². The summed E-state index contributed by atoms with van der Waals surface area (Å²) in [6.07, 6.45) is 5.79. The molecule has 2 N–H and O–H groups in total. The van der Waals surface area contributed by atoms with E-state index in [1.807, 2.05) is 13.0 Å². The summed E-state index contributed by atoms with van der Waals surface area (Å²) in [5.74, 6) is 0.360. The summed E-state index contributed by atoms with van der Waals surface area (Å²) in [6, 6.07) is 5.03. The largest absolute Gasteiger partial charge is 0.321 e. The number of hydrogen-bond acceptors (Lipinski definition) is 1. The van der Waals surface area contributed by atoms with Gasteiger partial charge in [0.05, 0.1) is 0 Å². The van der Waals surface area contributed by atoms with Crippen LogP contribution in [0, 0.1) is 18.7 Å². The van der Waals surface area contributed by atoms with E-state index in [2.05, 4.69) is 6.92 Å². The third-order valence-corrected chi connectivity index (χ3v) is 4.30. The van der Waals surface area contributed by atoms with Crippen molar-refractivity contribution in [1.29, 1.82) is 0 Å². The zero-order chi connectivity index (χ0) is 12.5. The molecule has 1 aromatic carbocycles. The van der Waals surface area contributed by atoms with E-state index in [4.69, 9.17) is 5.73 Å². The highest BCUT2D eigenvalue weighted by Crippen LogP contribution is 2.42. The molecule has 1 saturated carbocycles. The molecule has 0 spiro atoms. The van der Waals surface area contributed by atoms with E-state index in [-0.39, 0.29) is 11.4 Å². The van der Waals surface area contributed by atoms with Gasteiger partial charge in [0.25, 0.3) is 0 Å². The maximum Gasteiger partial charge on any atom is 0.123 e. The zero-order valence-electron chi connectivity index (χ0n) is 10.8. The monoisotopic (exact) mass is 235 g/mol. The lowest BCUT2D eigenvalue weighted by atomic mass is 9.67. The van der Waals surface area contributed by atoms with Crippen molar-refractivity contribution in [1.82, 2.24) is 0 Å². The average molecular weight is 235 g/mol. The molecule has 0 saturated heterocycles. The van der Waals surface area contributed by atoms with E-state index in [0.717, 1.165) is 24.0 Å². The Morgan fingerprint density at radius 3 is 2.82 bits per heavy atom. The van der Waals surface area contributed by atoms with Crippen molar-refractivity contribution in [3.8, 4) is 0 Å². The van der Waals surface area contributed by atoms with Crippen LogP contribution < -0.4 is 5.73 Å². The Morgan fingerprint density at radius 1 is 1.41 bits per heavy atom. The fourth-order valence-electron chi connectivity index (χ4n) is 3.34. The summed E-state index contributed by atoms with van der Waals surface area (Å²) < 4.78 is 13.2. The van der Waals surface area contributed by atoms with Crippen molar-refractivity contribution >= 4 is 0 Å². The third kappa shape index (κ3) is 2.23. The molecule has 94 valence electrons. The topological polar surface area (TPSA) is 26.0 Å². The first-order valence-corrected chi connectivity index (χ1v) is 6.63. The van der Waals surface area contributed by atoms with Gasteiger partial charge in [0, 0.05) is 5.54 Å². The van der Waals surface area contributed by atoms with E-state index < -0.39 is 0 Å². The molecule has 2 atom stereocenters. The van der Waals surface area contributed by atoms with Crippen molar-refractivity contribution < 1.29 is 4.39 Å². The predicted octanol–water partition coefficient (Wildman–Crippen LogP) is 3.89. The molecule has 2 heteroatoms. The second-order valence-corrected chi connectivity index (χ2v) is 5.35. The first kappa shape index (κ1) is 12.6. The Bertz CT molecular complexity index is 402. The van der Waals surface area contributed by atoms with E-state index in [1.54, 1.807) is 6.07 Å². The molecule has 17 heavy (non-hydrogen) atoms. The van der Waals surface area contributed by atoms with Gasteiger partial charge in [-0.15, -0.1) is 0 Å². The number of hydrogen-bond donors (Lipinski definition) is 1. The van der Waals surface area contributed by atoms with Crippen molar-refractivity contribution in [3.05, 3.63) is 35.1 Å². The Labute approximate surface area is 103 Å². The Hall–Kier alpha value is -0.890. The molecule has 0 amide bonds. The molecule has 1 aliphatic rings. The quantitative estimate of drug-likeness (QED) is 0.827. The number of rotatable bonds is 2. The Kier molecular flexibility index (Phi) is 3.53. The molecule has 0 aromatic heterocycles. The van der Waals surface area contributed by atoms with Gasteiger partial charge in [-0.25, -0.2) is 4.39 Å². The van der Waals surface area contributed by atoms with Gasteiger partial charge >= 0.3 is 0 Å². The molecule has 0 radical (unpaired) electrons. The molecule has 2 rings (SSSR count). The predicted molar refractivity (Wildman–Crippen MR) is 69.3 cm³/mol. The highest BCUT2D eigenvalue weighted by atomic mass is 19.1. The van der Waals surface area contributed by atoms with E-state index in [9.17, 15) is 4.39 Å². The lowest BCUT2D eigenvalue weighted by Crippen LogP contribution is -2.46. The molecule has 1 fully saturated rings. The second-order valence-electron chi connectivity index (χ2n) is 5.35. The molecular formula is C15H22FN. The first-order chi connectivity index (χ1) is 8.08. The van der Waals surface area contributed by atoms with Crippen LogP contribution in [0.15, 0.2) is 18.2 Å².